The first-order chi connectivity index (χ1) is 15.5. The number of aromatic nitrogens is 2. The minimum atomic E-state index is -0.117. The number of nitrogens with one attached hydrogen (secondary N) is 1. The summed E-state index contributed by atoms with van der Waals surface area (Å²) < 4.78 is 7.38. The van der Waals surface area contributed by atoms with Crippen LogP contribution in [0.15, 0.2) is 66.7 Å². The molecule has 4 rings (SSSR count). The summed E-state index contributed by atoms with van der Waals surface area (Å²) in [6.45, 7) is 1.19. The van der Waals surface area contributed by atoms with Gasteiger partial charge in [-0.25, -0.2) is 4.98 Å². The molecule has 0 saturated heterocycles. The Bertz CT molecular complexity index is 1250. The van der Waals surface area contributed by atoms with Crippen molar-refractivity contribution in [3.63, 3.8) is 0 Å². The Morgan fingerprint density at radius 1 is 1.03 bits per heavy atom. The van der Waals surface area contributed by atoms with Gasteiger partial charge in [0.25, 0.3) is 5.91 Å². The van der Waals surface area contributed by atoms with Crippen LogP contribution in [0, 0.1) is 0 Å². The first kappa shape index (κ1) is 22.2. The van der Waals surface area contributed by atoms with Crippen LogP contribution in [-0.2, 0) is 13.0 Å². The Kier molecular flexibility index (Phi) is 6.98. The number of ether oxygens (including phenoxy) is 1. The number of benzene rings is 3. The molecule has 0 fully saturated rings. The Balaban J connectivity index is 1.45. The van der Waals surface area contributed by atoms with E-state index in [4.69, 9.17) is 32.9 Å². The molecule has 0 spiro atoms. The van der Waals surface area contributed by atoms with Gasteiger partial charge in [-0.2, -0.15) is 0 Å². The zero-order valence-electron chi connectivity index (χ0n) is 17.6. The largest absolute Gasteiger partial charge is 0.497 e. The number of carbonyl (C=O) groups excluding carboxylic acids is 1. The van der Waals surface area contributed by atoms with Gasteiger partial charge in [0, 0.05) is 25.1 Å². The minimum Gasteiger partial charge on any atom is -0.497 e. The van der Waals surface area contributed by atoms with E-state index >= 15 is 0 Å². The van der Waals surface area contributed by atoms with E-state index in [1.807, 2.05) is 42.5 Å². The van der Waals surface area contributed by atoms with Gasteiger partial charge < -0.3 is 14.6 Å². The van der Waals surface area contributed by atoms with Gasteiger partial charge in [-0.3, -0.25) is 4.79 Å². The Morgan fingerprint density at radius 3 is 2.69 bits per heavy atom. The van der Waals surface area contributed by atoms with Crippen molar-refractivity contribution in [3.8, 4) is 5.75 Å². The van der Waals surface area contributed by atoms with Crippen LogP contribution in [0.25, 0.3) is 11.0 Å². The van der Waals surface area contributed by atoms with Gasteiger partial charge in [-0.05, 0) is 54.4 Å². The molecule has 1 N–H and O–H groups in total. The predicted octanol–water partition coefficient (Wildman–Crippen LogP) is 5.76. The third-order valence-electron chi connectivity index (χ3n) is 5.25. The van der Waals surface area contributed by atoms with Crippen LogP contribution in [0.5, 0.6) is 5.75 Å². The summed E-state index contributed by atoms with van der Waals surface area (Å²) in [5.41, 5.74) is 3.64. The van der Waals surface area contributed by atoms with Crippen molar-refractivity contribution in [1.82, 2.24) is 14.9 Å². The van der Waals surface area contributed by atoms with Crippen LogP contribution >= 0.6 is 23.2 Å². The smallest absolute Gasteiger partial charge is 0.251 e. The number of fused-ring (bicyclic) bond motifs is 1. The molecule has 1 amide bonds. The number of aryl methyl sites for hydroxylation is 1. The molecule has 164 valence electrons. The van der Waals surface area contributed by atoms with Crippen LogP contribution in [0.2, 0.25) is 10.0 Å². The number of para-hydroxylation sites is 2. The van der Waals surface area contributed by atoms with Crippen LogP contribution in [-0.4, -0.2) is 29.1 Å². The molecule has 5 nitrogen and oxygen atoms in total. The molecule has 32 heavy (non-hydrogen) atoms. The molecular formula is C25H23Cl2N3O2. The molecule has 0 radical (unpaired) electrons. The second-order valence-electron chi connectivity index (χ2n) is 7.44. The third kappa shape index (κ3) is 5.06. The fraction of sp³-hybridized carbons (Fsp3) is 0.200. The molecule has 0 atom stereocenters. The molecule has 3 aromatic carbocycles. The summed E-state index contributed by atoms with van der Waals surface area (Å²) in [7, 11) is 1.58. The molecule has 4 aromatic rings. The van der Waals surface area contributed by atoms with E-state index in [0.717, 1.165) is 35.3 Å². The van der Waals surface area contributed by atoms with E-state index in [-0.39, 0.29) is 5.91 Å². The van der Waals surface area contributed by atoms with E-state index in [0.29, 0.717) is 34.4 Å². The summed E-state index contributed by atoms with van der Waals surface area (Å²) in [5.74, 6) is 1.51. The highest BCUT2D eigenvalue weighted by molar-refractivity contribution is 6.42. The van der Waals surface area contributed by atoms with Gasteiger partial charge in [-0.15, -0.1) is 0 Å². The number of rotatable bonds is 8. The van der Waals surface area contributed by atoms with Gasteiger partial charge in [0.15, 0.2) is 0 Å². The van der Waals surface area contributed by atoms with Crippen molar-refractivity contribution < 1.29 is 9.53 Å². The second-order valence-corrected chi connectivity index (χ2v) is 8.26. The maximum Gasteiger partial charge on any atom is 0.251 e. The number of amides is 1. The van der Waals surface area contributed by atoms with Crippen LogP contribution < -0.4 is 10.1 Å². The minimum absolute atomic E-state index is 0.117. The highest BCUT2D eigenvalue weighted by Gasteiger charge is 2.12. The molecular weight excluding hydrogens is 445 g/mol. The monoisotopic (exact) mass is 467 g/mol. The number of carbonyl (C=O) groups is 1. The average Bonchev–Trinajstić information content (AvgIpc) is 3.16. The highest BCUT2D eigenvalue weighted by atomic mass is 35.5. The average molecular weight is 468 g/mol. The summed E-state index contributed by atoms with van der Waals surface area (Å²) in [6, 6.07) is 20.9. The van der Waals surface area contributed by atoms with E-state index in [1.54, 1.807) is 25.3 Å². The molecule has 7 heteroatoms. The first-order valence-electron chi connectivity index (χ1n) is 10.4. The van der Waals surface area contributed by atoms with Crippen molar-refractivity contribution in [3.05, 3.63) is 93.7 Å². The van der Waals surface area contributed by atoms with Crippen molar-refractivity contribution >= 4 is 40.1 Å². The van der Waals surface area contributed by atoms with Gasteiger partial charge in [0.05, 0.1) is 28.2 Å². The van der Waals surface area contributed by atoms with Crippen molar-refractivity contribution in [2.45, 2.75) is 19.4 Å². The standard InChI is InChI=1S/C25H23Cl2N3O2/c1-32-19-7-4-6-18(15-19)25(31)28-13-5-10-24-29-22-8-2-3-9-23(22)30(24)16-17-11-12-20(26)21(27)14-17/h2-4,6-9,11-12,14-15H,5,10,13,16H2,1H3,(H,28,31). The molecule has 0 bridgehead atoms. The number of methoxy groups -OCH3 is 1. The lowest BCUT2D eigenvalue weighted by molar-refractivity contribution is 0.0953. The summed E-state index contributed by atoms with van der Waals surface area (Å²) in [6.07, 6.45) is 1.49. The van der Waals surface area contributed by atoms with Crippen molar-refractivity contribution in [1.29, 1.82) is 0 Å². The topological polar surface area (TPSA) is 56.1 Å². The van der Waals surface area contributed by atoms with Crippen LogP contribution in [0.4, 0.5) is 0 Å². The SMILES string of the molecule is COc1cccc(C(=O)NCCCc2nc3ccccc3n2Cc2ccc(Cl)c(Cl)c2)c1. The number of nitrogens with zero attached hydrogens (tertiary/aromatic N) is 2. The van der Waals surface area contributed by atoms with E-state index in [9.17, 15) is 4.79 Å². The lowest BCUT2D eigenvalue weighted by atomic mass is 10.2. The Labute approximate surface area is 196 Å². The molecule has 0 unspecified atom stereocenters. The summed E-state index contributed by atoms with van der Waals surface area (Å²) >= 11 is 12.3. The van der Waals surface area contributed by atoms with Gasteiger partial charge >= 0.3 is 0 Å². The molecule has 1 aromatic heterocycles. The molecule has 0 aliphatic rings. The second kappa shape index (κ2) is 10.1. The number of halogens is 2. The zero-order valence-corrected chi connectivity index (χ0v) is 19.2. The molecule has 0 saturated carbocycles. The molecule has 0 aliphatic heterocycles. The van der Waals surface area contributed by atoms with Crippen LogP contribution in [0.3, 0.4) is 0 Å². The highest BCUT2D eigenvalue weighted by Crippen LogP contribution is 2.25. The van der Waals surface area contributed by atoms with E-state index in [2.05, 4.69) is 16.0 Å². The Hall–Kier alpha value is -3.02. The lowest BCUT2D eigenvalue weighted by Gasteiger charge is -2.11. The fourth-order valence-electron chi connectivity index (χ4n) is 3.63. The number of hydrogen-bond donors (Lipinski definition) is 1. The predicted molar refractivity (Wildman–Crippen MR) is 129 cm³/mol. The number of hydrogen-bond acceptors (Lipinski definition) is 3. The summed E-state index contributed by atoms with van der Waals surface area (Å²) in [5, 5.41) is 4.05. The van der Waals surface area contributed by atoms with Gasteiger partial charge in [-0.1, -0.05) is 47.5 Å². The molecule has 0 aliphatic carbocycles. The number of imidazole rings is 1. The first-order valence-corrected chi connectivity index (χ1v) is 11.1. The zero-order chi connectivity index (χ0) is 22.5. The maximum atomic E-state index is 12.4. The Morgan fingerprint density at radius 2 is 1.88 bits per heavy atom. The fourth-order valence-corrected chi connectivity index (χ4v) is 3.95. The van der Waals surface area contributed by atoms with E-state index < -0.39 is 0 Å². The lowest BCUT2D eigenvalue weighted by Crippen LogP contribution is -2.25. The normalized spacial score (nSPS) is 11.0. The van der Waals surface area contributed by atoms with Crippen LogP contribution in [0.1, 0.15) is 28.2 Å². The van der Waals surface area contributed by atoms with Crippen molar-refractivity contribution in [2.75, 3.05) is 13.7 Å². The van der Waals surface area contributed by atoms with Crippen molar-refractivity contribution in [2.24, 2.45) is 0 Å². The quantitative estimate of drug-likeness (QED) is 0.335. The summed E-state index contributed by atoms with van der Waals surface area (Å²) in [4.78, 5) is 17.2. The molecule has 1 heterocycles. The van der Waals surface area contributed by atoms with Gasteiger partial charge in [0.2, 0.25) is 0 Å². The maximum absolute atomic E-state index is 12.4. The van der Waals surface area contributed by atoms with Gasteiger partial charge in [0.1, 0.15) is 11.6 Å². The third-order valence-corrected chi connectivity index (χ3v) is 5.99. The van der Waals surface area contributed by atoms with E-state index in [1.165, 1.54) is 0 Å².